The monoisotopic (exact) mass is 174 g/mol. The molecule has 0 aromatic heterocycles. The first kappa shape index (κ1) is 10.7. The fraction of sp³-hybridized carbons (Fsp3) is 0.714. The first-order valence-electron chi connectivity index (χ1n) is 3.85. The Morgan fingerprint density at radius 3 is 2.67 bits per heavy atom. The molecule has 0 saturated carbocycles. The number of alkyl carbamates (subject to hydrolysis) is 1. The van der Waals surface area contributed by atoms with Crippen LogP contribution in [0.5, 0.6) is 0 Å². The van der Waals surface area contributed by atoms with Crippen molar-refractivity contribution < 1.29 is 14.3 Å². The average molecular weight is 174 g/mol. The number of rotatable bonds is 5. The van der Waals surface area contributed by atoms with E-state index in [2.05, 4.69) is 10.1 Å². The van der Waals surface area contributed by atoms with Crippen molar-refractivity contribution in [2.75, 3.05) is 13.2 Å². The minimum Gasteiger partial charge on any atom is -0.450 e. The molecule has 0 radical (unpaired) electrons. The number of carbonyl (C=O) groups excluding carboxylic acids is 2. The molecule has 70 valence electrons. The quantitative estimate of drug-likeness (QED) is 0.615. The molecule has 0 bridgehead atoms. The Labute approximate surface area is 71.3 Å². The summed E-state index contributed by atoms with van der Waals surface area (Å²) in [7, 11) is 0. The molecule has 5 nitrogen and oxygen atoms in total. The average Bonchev–Trinajstić information content (AvgIpc) is 2.00. The van der Waals surface area contributed by atoms with Gasteiger partial charge in [0.15, 0.2) is 0 Å². The summed E-state index contributed by atoms with van der Waals surface area (Å²) in [6.07, 6.45) is 0.419. The fourth-order valence-corrected chi connectivity index (χ4v) is 0.534. The fourth-order valence-electron chi connectivity index (χ4n) is 0.534. The van der Waals surface area contributed by atoms with Crippen molar-refractivity contribution in [2.24, 2.45) is 5.73 Å². The predicted molar refractivity (Wildman–Crippen MR) is 43.5 cm³/mol. The lowest BCUT2D eigenvalue weighted by Crippen LogP contribution is -2.28. The number of hydrogen-bond acceptors (Lipinski definition) is 3. The van der Waals surface area contributed by atoms with Crippen molar-refractivity contribution in [3.05, 3.63) is 0 Å². The van der Waals surface area contributed by atoms with E-state index in [9.17, 15) is 9.59 Å². The van der Waals surface area contributed by atoms with E-state index in [1.807, 2.05) is 6.92 Å². The Hall–Kier alpha value is -1.26. The van der Waals surface area contributed by atoms with Gasteiger partial charge in [-0.25, -0.2) is 4.79 Å². The SMILES string of the molecule is CCCOC(=O)NCCC(N)=O. The van der Waals surface area contributed by atoms with Crippen molar-refractivity contribution >= 4 is 12.0 Å². The number of ether oxygens (including phenoxy) is 1. The standard InChI is InChI=1S/C7H14N2O3/c1-2-5-12-7(11)9-4-3-6(8)10/h2-5H2,1H3,(H2,8,10)(H,9,11). The normalized spacial score (nSPS) is 9.08. The minimum atomic E-state index is -0.502. The van der Waals surface area contributed by atoms with Crippen molar-refractivity contribution in [1.82, 2.24) is 5.32 Å². The van der Waals surface area contributed by atoms with Gasteiger partial charge >= 0.3 is 6.09 Å². The number of nitrogens with two attached hydrogens (primary N) is 1. The highest BCUT2D eigenvalue weighted by molar-refractivity contribution is 5.75. The summed E-state index contributed by atoms with van der Waals surface area (Å²) >= 11 is 0. The molecule has 5 heteroatoms. The van der Waals surface area contributed by atoms with Crippen LogP contribution in [0.25, 0.3) is 0 Å². The largest absolute Gasteiger partial charge is 0.450 e. The van der Waals surface area contributed by atoms with E-state index in [4.69, 9.17) is 5.73 Å². The van der Waals surface area contributed by atoms with Gasteiger partial charge in [-0.15, -0.1) is 0 Å². The molecule has 0 heterocycles. The van der Waals surface area contributed by atoms with E-state index in [-0.39, 0.29) is 13.0 Å². The summed E-state index contributed by atoms with van der Waals surface area (Å²) in [4.78, 5) is 20.9. The van der Waals surface area contributed by atoms with Crippen LogP contribution >= 0.6 is 0 Å². The van der Waals surface area contributed by atoms with E-state index in [0.29, 0.717) is 6.61 Å². The molecule has 0 atom stereocenters. The summed E-state index contributed by atoms with van der Waals surface area (Å²) in [5.41, 5.74) is 4.85. The smallest absolute Gasteiger partial charge is 0.407 e. The number of hydrogen-bond donors (Lipinski definition) is 2. The number of amides is 2. The van der Waals surface area contributed by atoms with Crippen LogP contribution in [0.1, 0.15) is 19.8 Å². The van der Waals surface area contributed by atoms with Gasteiger partial charge < -0.3 is 15.8 Å². The second-order valence-electron chi connectivity index (χ2n) is 2.28. The number of nitrogens with one attached hydrogen (secondary N) is 1. The maximum absolute atomic E-state index is 10.7. The van der Waals surface area contributed by atoms with Gasteiger partial charge in [0.1, 0.15) is 0 Å². The molecule has 0 aliphatic carbocycles. The van der Waals surface area contributed by atoms with Crippen molar-refractivity contribution in [3.63, 3.8) is 0 Å². The molecule has 3 N–H and O–H groups in total. The lowest BCUT2D eigenvalue weighted by molar-refractivity contribution is -0.117. The first-order chi connectivity index (χ1) is 5.66. The summed E-state index contributed by atoms with van der Waals surface area (Å²) in [5.74, 6) is -0.439. The van der Waals surface area contributed by atoms with Crippen molar-refractivity contribution in [1.29, 1.82) is 0 Å². The van der Waals surface area contributed by atoms with Crippen LogP contribution in [0.2, 0.25) is 0 Å². The second-order valence-corrected chi connectivity index (χ2v) is 2.28. The third kappa shape index (κ3) is 6.85. The van der Waals surface area contributed by atoms with Crippen LogP contribution in [0.15, 0.2) is 0 Å². The molecule has 0 aromatic carbocycles. The lowest BCUT2D eigenvalue weighted by Gasteiger charge is -2.03. The van der Waals surface area contributed by atoms with Gasteiger partial charge in [0.25, 0.3) is 0 Å². The maximum Gasteiger partial charge on any atom is 0.407 e. The van der Waals surface area contributed by atoms with Crippen molar-refractivity contribution in [3.8, 4) is 0 Å². The first-order valence-corrected chi connectivity index (χ1v) is 3.85. The van der Waals surface area contributed by atoms with Gasteiger partial charge in [0, 0.05) is 13.0 Å². The van der Waals surface area contributed by atoms with E-state index in [1.165, 1.54) is 0 Å². The molecule has 0 unspecified atom stereocenters. The molecule has 0 rings (SSSR count). The third-order valence-electron chi connectivity index (χ3n) is 1.08. The molecule has 12 heavy (non-hydrogen) atoms. The van der Waals surface area contributed by atoms with Gasteiger partial charge in [0.2, 0.25) is 5.91 Å². The molecule has 0 saturated heterocycles. The zero-order valence-electron chi connectivity index (χ0n) is 7.13. The lowest BCUT2D eigenvalue weighted by atomic mass is 10.4. The zero-order chi connectivity index (χ0) is 9.40. The molecule has 2 amide bonds. The molecule has 0 aliphatic rings. The molecule has 0 spiro atoms. The molecular formula is C7H14N2O3. The maximum atomic E-state index is 10.7. The van der Waals surface area contributed by atoms with E-state index in [1.54, 1.807) is 0 Å². The molecule has 0 aliphatic heterocycles. The summed E-state index contributed by atoms with van der Waals surface area (Å²) in [6.45, 7) is 2.52. The van der Waals surface area contributed by atoms with Gasteiger partial charge in [-0.1, -0.05) is 6.92 Å². The van der Waals surface area contributed by atoms with Gasteiger partial charge in [-0.05, 0) is 6.42 Å². The highest BCUT2D eigenvalue weighted by Gasteiger charge is 2.00. The summed E-state index contributed by atoms with van der Waals surface area (Å²) in [6, 6.07) is 0. The number of primary amides is 1. The Balaban J connectivity index is 3.25. The molecule has 0 aromatic rings. The number of carbonyl (C=O) groups is 2. The van der Waals surface area contributed by atoms with Crippen LogP contribution in [-0.4, -0.2) is 25.2 Å². The van der Waals surface area contributed by atoms with Gasteiger partial charge in [-0.2, -0.15) is 0 Å². The summed E-state index contributed by atoms with van der Waals surface area (Å²) < 4.78 is 4.67. The Morgan fingerprint density at radius 1 is 1.50 bits per heavy atom. The van der Waals surface area contributed by atoms with E-state index >= 15 is 0 Å². The molecular weight excluding hydrogens is 160 g/mol. The van der Waals surface area contributed by atoms with Crippen molar-refractivity contribution in [2.45, 2.75) is 19.8 Å². The van der Waals surface area contributed by atoms with E-state index in [0.717, 1.165) is 6.42 Å². The van der Waals surface area contributed by atoms with Crippen LogP contribution < -0.4 is 11.1 Å². The topological polar surface area (TPSA) is 81.4 Å². The van der Waals surface area contributed by atoms with Crippen LogP contribution in [0.3, 0.4) is 0 Å². The Morgan fingerprint density at radius 2 is 2.17 bits per heavy atom. The van der Waals surface area contributed by atoms with Crippen LogP contribution in [0.4, 0.5) is 4.79 Å². The van der Waals surface area contributed by atoms with E-state index < -0.39 is 12.0 Å². The molecule has 0 fully saturated rings. The van der Waals surface area contributed by atoms with Crippen LogP contribution in [-0.2, 0) is 9.53 Å². The highest BCUT2D eigenvalue weighted by atomic mass is 16.5. The summed E-state index contributed by atoms with van der Waals surface area (Å²) in [5, 5.41) is 2.39. The zero-order valence-corrected chi connectivity index (χ0v) is 7.13. The third-order valence-corrected chi connectivity index (χ3v) is 1.08. The predicted octanol–water partition coefficient (Wildman–Crippen LogP) is -0.00200. The van der Waals surface area contributed by atoms with Crippen LogP contribution in [0, 0.1) is 0 Å². The van der Waals surface area contributed by atoms with Gasteiger partial charge in [-0.3, -0.25) is 4.79 Å². The minimum absolute atomic E-state index is 0.140. The highest BCUT2D eigenvalue weighted by Crippen LogP contribution is 1.82. The Kier molecular flexibility index (Phi) is 5.77. The second kappa shape index (κ2) is 6.45. The van der Waals surface area contributed by atoms with Gasteiger partial charge in [0.05, 0.1) is 6.61 Å². The Bertz CT molecular complexity index is 159.